The maximum absolute atomic E-state index is 6.10. The van der Waals surface area contributed by atoms with Gasteiger partial charge < -0.3 is 19.5 Å². The molecule has 0 saturated carbocycles. The van der Waals surface area contributed by atoms with Crippen molar-refractivity contribution in [2.24, 2.45) is 0 Å². The number of hydrogen-bond acceptors (Lipinski definition) is 4. The summed E-state index contributed by atoms with van der Waals surface area (Å²) in [6.45, 7) is 5.53. The number of rotatable bonds is 11. The normalized spacial score (nSPS) is 10.8. The molecule has 0 fully saturated rings. The quantitative estimate of drug-likeness (QED) is 0.485. The highest BCUT2D eigenvalue weighted by molar-refractivity contribution is 9.10. The van der Waals surface area contributed by atoms with Crippen LogP contribution >= 0.6 is 27.5 Å². The molecule has 0 aliphatic heterocycles. The van der Waals surface area contributed by atoms with Gasteiger partial charge in [0.25, 0.3) is 0 Å². The summed E-state index contributed by atoms with van der Waals surface area (Å²) in [5.74, 6) is 1.46. The summed E-state index contributed by atoms with van der Waals surface area (Å²) in [6.07, 6.45) is 0.969. The van der Waals surface area contributed by atoms with Crippen LogP contribution in [-0.4, -0.2) is 26.9 Å². The lowest BCUT2D eigenvalue weighted by Gasteiger charge is -2.17. The van der Waals surface area contributed by atoms with Gasteiger partial charge in [0.1, 0.15) is 6.61 Å². The van der Waals surface area contributed by atoms with E-state index < -0.39 is 0 Å². The molecule has 4 nitrogen and oxygen atoms in total. The number of hydrogen-bond donors (Lipinski definition) is 1. The SMILES string of the molecule is CCOCCCNCc1c(Br)ccc(OC)c1OCc1ccc(Cl)cc1. The molecule has 0 unspecified atom stereocenters. The first-order valence-corrected chi connectivity index (χ1v) is 9.83. The molecule has 0 heterocycles. The predicted octanol–water partition coefficient (Wildman–Crippen LogP) is 5.21. The minimum Gasteiger partial charge on any atom is -0.493 e. The van der Waals surface area contributed by atoms with Crippen LogP contribution in [0.4, 0.5) is 0 Å². The largest absolute Gasteiger partial charge is 0.493 e. The van der Waals surface area contributed by atoms with Gasteiger partial charge in [0.05, 0.1) is 7.11 Å². The van der Waals surface area contributed by atoms with Gasteiger partial charge in [-0.3, -0.25) is 0 Å². The third-order valence-corrected chi connectivity index (χ3v) is 4.83. The Balaban J connectivity index is 2.04. The average molecular weight is 443 g/mol. The molecule has 0 amide bonds. The van der Waals surface area contributed by atoms with Crippen LogP contribution in [0, 0.1) is 0 Å². The van der Waals surface area contributed by atoms with Crippen molar-refractivity contribution in [2.75, 3.05) is 26.9 Å². The highest BCUT2D eigenvalue weighted by Gasteiger charge is 2.14. The maximum Gasteiger partial charge on any atom is 0.167 e. The third-order valence-electron chi connectivity index (χ3n) is 3.83. The van der Waals surface area contributed by atoms with E-state index in [9.17, 15) is 0 Å². The van der Waals surface area contributed by atoms with Gasteiger partial charge in [0.15, 0.2) is 11.5 Å². The fourth-order valence-electron chi connectivity index (χ4n) is 2.46. The molecule has 0 saturated heterocycles. The smallest absolute Gasteiger partial charge is 0.167 e. The molecular formula is C20H25BrClNO3. The molecule has 0 atom stereocenters. The van der Waals surface area contributed by atoms with Gasteiger partial charge in [-0.15, -0.1) is 0 Å². The number of ether oxygens (including phenoxy) is 3. The Hall–Kier alpha value is -1.27. The van der Waals surface area contributed by atoms with Crippen molar-refractivity contribution < 1.29 is 14.2 Å². The molecule has 6 heteroatoms. The first-order chi connectivity index (χ1) is 12.7. The van der Waals surface area contributed by atoms with E-state index in [4.69, 9.17) is 25.8 Å². The van der Waals surface area contributed by atoms with Crippen molar-refractivity contribution >= 4 is 27.5 Å². The van der Waals surface area contributed by atoms with Crippen molar-refractivity contribution in [1.29, 1.82) is 0 Å². The average Bonchev–Trinajstić information content (AvgIpc) is 2.65. The zero-order chi connectivity index (χ0) is 18.8. The van der Waals surface area contributed by atoms with Gasteiger partial charge >= 0.3 is 0 Å². The summed E-state index contributed by atoms with van der Waals surface area (Å²) >= 11 is 9.56. The van der Waals surface area contributed by atoms with Crippen molar-refractivity contribution in [3.8, 4) is 11.5 Å². The maximum atomic E-state index is 6.10. The Morgan fingerprint density at radius 3 is 2.58 bits per heavy atom. The van der Waals surface area contributed by atoms with Crippen LogP contribution in [0.5, 0.6) is 11.5 Å². The first-order valence-electron chi connectivity index (χ1n) is 8.66. The molecule has 2 aromatic rings. The predicted molar refractivity (Wildman–Crippen MR) is 109 cm³/mol. The molecule has 1 N–H and O–H groups in total. The van der Waals surface area contributed by atoms with E-state index in [2.05, 4.69) is 21.2 Å². The lowest BCUT2D eigenvalue weighted by molar-refractivity contribution is 0.144. The number of benzene rings is 2. The van der Waals surface area contributed by atoms with Crippen LogP contribution in [0.2, 0.25) is 5.02 Å². The van der Waals surface area contributed by atoms with Gasteiger partial charge in [0.2, 0.25) is 0 Å². The highest BCUT2D eigenvalue weighted by Crippen LogP contribution is 2.36. The topological polar surface area (TPSA) is 39.7 Å². The molecule has 0 aliphatic rings. The van der Waals surface area contributed by atoms with Crippen molar-refractivity contribution in [3.05, 3.63) is 57.0 Å². The van der Waals surface area contributed by atoms with Crippen molar-refractivity contribution in [2.45, 2.75) is 26.5 Å². The van der Waals surface area contributed by atoms with Gasteiger partial charge in [-0.25, -0.2) is 0 Å². The zero-order valence-electron chi connectivity index (χ0n) is 15.2. The summed E-state index contributed by atoms with van der Waals surface area (Å²) in [5.41, 5.74) is 2.08. The van der Waals surface area contributed by atoms with Gasteiger partial charge in [-0.2, -0.15) is 0 Å². The summed E-state index contributed by atoms with van der Waals surface area (Å²) < 4.78 is 17.9. The molecule has 0 radical (unpaired) electrons. The highest BCUT2D eigenvalue weighted by atomic mass is 79.9. The second kappa shape index (κ2) is 11.4. The minimum absolute atomic E-state index is 0.446. The Bertz CT molecular complexity index is 680. The van der Waals surface area contributed by atoms with Crippen molar-refractivity contribution in [3.63, 3.8) is 0 Å². The zero-order valence-corrected chi connectivity index (χ0v) is 17.5. The molecule has 142 valence electrons. The summed E-state index contributed by atoms with van der Waals surface area (Å²) in [4.78, 5) is 0. The molecule has 0 bridgehead atoms. The second-order valence-electron chi connectivity index (χ2n) is 5.70. The molecule has 0 aliphatic carbocycles. The van der Waals surface area contributed by atoms with Crippen molar-refractivity contribution in [1.82, 2.24) is 5.32 Å². The van der Waals surface area contributed by atoms with E-state index in [0.29, 0.717) is 23.9 Å². The molecule has 0 spiro atoms. The van der Waals surface area contributed by atoms with E-state index in [-0.39, 0.29) is 0 Å². The summed E-state index contributed by atoms with van der Waals surface area (Å²) in [6, 6.07) is 11.5. The van der Waals surface area contributed by atoms with Crippen LogP contribution in [0.1, 0.15) is 24.5 Å². The first kappa shape index (κ1) is 21.0. The van der Waals surface area contributed by atoms with E-state index in [0.717, 1.165) is 47.5 Å². The van der Waals surface area contributed by atoms with Crippen LogP contribution in [-0.2, 0) is 17.9 Å². The fraction of sp³-hybridized carbons (Fsp3) is 0.400. The Morgan fingerprint density at radius 1 is 1.12 bits per heavy atom. The summed E-state index contributed by atoms with van der Waals surface area (Å²) in [7, 11) is 1.65. The monoisotopic (exact) mass is 441 g/mol. The van der Waals surface area contributed by atoms with Crippen LogP contribution in [0.15, 0.2) is 40.9 Å². The summed E-state index contributed by atoms with van der Waals surface area (Å²) in [5, 5.41) is 4.15. The van der Waals surface area contributed by atoms with Gasteiger partial charge in [0, 0.05) is 34.8 Å². The van der Waals surface area contributed by atoms with Gasteiger partial charge in [-0.05, 0) is 49.7 Å². The van der Waals surface area contributed by atoms with Crippen LogP contribution in [0.25, 0.3) is 0 Å². The van der Waals surface area contributed by atoms with Gasteiger partial charge in [-0.1, -0.05) is 39.7 Å². The molecule has 0 aromatic heterocycles. The van der Waals surface area contributed by atoms with Crippen LogP contribution < -0.4 is 14.8 Å². The Morgan fingerprint density at radius 2 is 1.88 bits per heavy atom. The molecule has 26 heavy (non-hydrogen) atoms. The second-order valence-corrected chi connectivity index (χ2v) is 6.99. The Labute approximate surface area is 168 Å². The lowest BCUT2D eigenvalue weighted by Crippen LogP contribution is -2.17. The van der Waals surface area contributed by atoms with E-state index in [1.165, 1.54) is 0 Å². The fourth-order valence-corrected chi connectivity index (χ4v) is 3.04. The molecule has 2 rings (SSSR count). The molecule has 2 aromatic carbocycles. The molecular weight excluding hydrogens is 418 g/mol. The van der Waals surface area contributed by atoms with E-state index in [1.54, 1.807) is 7.11 Å². The van der Waals surface area contributed by atoms with E-state index >= 15 is 0 Å². The minimum atomic E-state index is 0.446. The van der Waals surface area contributed by atoms with Crippen LogP contribution in [0.3, 0.4) is 0 Å². The number of halogens is 2. The number of methoxy groups -OCH3 is 1. The lowest BCUT2D eigenvalue weighted by atomic mass is 10.1. The standard InChI is InChI=1S/C20H25BrClNO3/c1-3-25-12-4-11-23-13-17-18(21)9-10-19(24-2)20(17)26-14-15-5-7-16(22)8-6-15/h5-10,23H,3-4,11-14H2,1-2H3. The van der Waals surface area contributed by atoms with E-state index in [1.807, 2.05) is 43.3 Å². The number of nitrogens with one attached hydrogen (secondary N) is 1. The third kappa shape index (κ3) is 6.47. The Kier molecular flexibility index (Phi) is 9.26.